The van der Waals surface area contributed by atoms with Crippen LogP contribution >= 0.6 is 0 Å². The van der Waals surface area contributed by atoms with Crippen molar-refractivity contribution in [1.29, 1.82) is 0 Å². The zero-order valence-corrected chi connectivity index (χ0v) is 14.1. The summed E-state index contributed by atoms with van der Waals surface area (Å²) in [6.45, 7) is 2.71. The lowest BCUT2D eigenvalue weighted by molar-refractivity contribution is 0.0600. The maximum Gasteiger partial charge on any atom is 0.337 e. The molecule has 25 heavy (non-hydrogen) atoms. The predicted molar refractivity (Wildman–Crippen MR) is 92.9 cm³/mol. The van der Waals surface area contributed by atoms with Crippen molar-refractivity contribution in [3.8, 4) is 11.5 Å². The van der Waals surface area contributed by atoms with Crippen molar-refractivity contribution in [2.24, 2.45) is 0 Å². The molecule has 0 aromatic heterocycles. The number of esters is 1. The third kappa shape index (κ3) is 3.55. The fourth-order valence-electron chi connectivity index (χ4n) is 2.47. The molecular formula is C20H18O5. The number of carbonyl (C=O) groups is 2. The maximum atomic E-state index is 12.5. The van der Waals surface area contributed by atoms with Crippen LogP contribution in [0.5, 0.6) is 11.5 Å². The largest absolute Gasteiger partial charge is 0.494 e. The van der Waals surface area contributed by atoms with Gasteiger partial charge in [0.25, 0.3) is 0 Å². The van der Waals surface area contributed by atoms with Crippen molar-refractivity contribution < 1.29 is 23.8 Å². The molecule has 1 aliphatic rings. The quantitative estimate of drug-likeness (QED) is 0.611. The number of ether oxygens (including phenoxy) is 3. The molecule has 0 saturated heterocycles. The van der Waals surface area contributed by atoms with Crippen LogP contribution in [0.15, 0.2) is 48.2 Å². The standard InChI is InChI=1S/C20H18O5/c1-3-10-24-15-7-4-13(5-8-15)11-18-19(21)16-12-14(20(22)23-2)6-9-17(16)25-18/h4-9,11-12H,3,10H2,1-2H3/b18-11-. The van der Waals surface area contributed by atoms with Gasteiger partial charge in [-0.2, -0.15) is 0 Å². The summed E-state index contributed by atoms with van der Waals surface area (Å²) in [5.41, 5.74) is 1.50. The number of Topliss-reactive ketones (excluding diaryl/α,β-unsaturated/α-hetero) is 1. The number of allylic oxidation sites excluding steroid dienone is 1. The highest BCUT2D eigenvalue weighted by atomic mass is 16.5. The average Bonchev–Trinajstić information content (AvgIpc) is 2.95. The van der Waals surface area contributed by atoms with Crippen LogP contribution in [0, 0.1) is 0 Å². The Morgan fingerprint density at radius 1 is 1.16 bits per heavy atom. The van der Waals surface area contributed by atoms with Gasteiger partial charge >= 0.3 is 5.97 Å². The molecule has 0 fully saturated rings. The minimum absolute atomic E-state index is 0.222. The van der Waals surface area contributed by atoms with Crippen LogP contribution in [0.2, 0.25) is 0 Å². The summed E-state index contributed by atoms with van der Waals surface area (Å²) in [6, 6.07) is 12.1. The van der Waals surface area contributed by atoms with Crippen LogP contribution in [0.3, 0.4) is 0 Å². The molecule has 1 aliphatic heterocycles. The van der Waals surface area contributed by atoms with E-state index < -0.39 is 5.97 Å². The van der Waals surface area contributed by atoms with Gasteiger partial charge in [0.05, 0.1) is 24.8 Å². The highest BCUT2D eigenvalue weighted by Crippen LogP contribution is 2.32. The summed E-state index contributed by atoms with van der Waals surface area (Å²) < 4.78 is 15.8. The molecule has 0 amide bonds. The van der Waals surface area contributed by atoms with E-state index in [4.69, 9.17) is 9.47 Å². The van der Waals surface area contributed by atoms with Gasteiger partial charge in [0, 0.05) is 0 Å². The second kappa shape index (κ2) is 7.21. The van der Waals surface area contributed by atoms with E-state index in [0.29, 0.717) is 23.5 Å². The molecule has 5 nitrogen and oxygen atoms in total. The monoisotopic (exact) mass is 338 g/mol. The van der Waals surface area contributed by atoms with Crippen molar-refractivity contribution in [3.05, 3.63) is 64.9 Å². The Balaban J connectivity index is 1.81. The Morgan fingerprint density at radius 3 is 2.60 bits per heavy atom. The smallest absolute Gasteiger partial charge is 0.337 e. The molecule has 0 aliphatic carbocycles. The number of benzene rings is 2. The molecule has 2 aromatic carbocycles. The first-order valence-electron chi connectivity index (χ1n) is 8.02. The molecule has 0 saturated carbocycles. The number of carbonyl (C=O) groups excluding carboxylic acids is 2. The molecular weight excluding hydrogens is 320 g/mol. The van der Waals surface area contributed by atoms with Gasteiger partial charge < -0.3 is 14.2 Å². The van der Waals surface area contributed by atoms with E-state index in [0.717, 1.165) is 17.7 Å². The van der Waals surface area contributed by atoms with E-state index in [2.05, 4.69) is 4.74 Å². The molecule has 5 heteroatoms. The van der Waals surface area contributed by atoms with E-state index in [1.807, 2.05) is 31.2 Å². The first kappa shape index (κ1) is 16.8. The van der Waals surface area contributed by atoms with Crippen LogP contribution in [-0.2, 0) is 4.74 Å². The fraction of sp³-hybridized carbons (Fsp3) is 0.200. The van der Waals surface area contributed by atoms with E-state index in [1.54, 1.807) is 18.2 Å². The first-order valence-corrected chi connectivity index (χ1v) is 8.02. The molecule has 1 heterocycles. The summed E-state index contributed by atoms with van der Waals surface area (Å²) in [7, 11) is 1.30. The molecule has 0 radical (unpaired) electrons. The Hall–Kier alpha value is -3.08. The molecule has 0 N–H and O–H groups in total. The number of hydrogen-bond acceptors (Lipinski definition) is 5. The number of hydrogen-bond donors (Lipinski definition) is 0. The topological polar surface area (TPSA) is 61.8 Å². The van der Waals surface area contributed by atoms with Gasteiger partial charge in [0.15, 0.2) is 5.76 Å². The molecule has 0 unspecified atom stereocenters. The molecule has 0 atom stereocenters. The summed E-state index contributed by atoms with van der Waals surface area (Å²) >= 11 is 0. The highest BCUT2D eigenvalue weighted by molar-refractivity contribution is 6.15. The van der Waals surface area contributed by atoms with Gasteiger partial charge in [-0.15, -0.1) is 0 Å². The maximum absolute atomic E-state index is 12.5. The molecule has 0 bridgehead atoms. The summed E-state index contributed by atoms with van der Waals surface area (Å²) in [5.74, 6) is 0.697. The van der Waals surface area contributed by atoms with Crippen LogP contribution < -0.4 is 9.47 Å². The third-order valence-corrected chi connectivity index (χ3v) is 3.74. The Kier molecular flexibility index (Phi) is 4.84. The van der Waals surface area contributed by atoms with Gasteiger partial charge in [-0.25, -0.2) is 4.79 Å². The average molecular weight is 338 g/mol. The minimum atomic E-state index is -0.490. The lowest BCUT2D eigenvalue weighted by atomic mass is 10.1. The zero-order chi connectivity index (χ0) is 17.8. The number of ketones is 1. The predicted octanol–water partition coefficient (Wildman–Crippen LogP) is 3.88. The second-order valence-corrected chi connectivity index (χ2v) is 5.56. The van der Waals surface area contributed by atoms with Crippen LogP contribution in [0.4, 0.5) is 0 Å². The van der Waals surface area contributed by atoms with Gasteiger partial charge in [-0.05, 0) is 48.4 Å². The van der Waals surface area contributed by atoms with Crippen molar-refractivity contribution >= 4 is 17.8 Å². The third-order valence-electron chi connectivity index (χ3n) is 3.74. The second-order valence-electron chi connectivity index (χ2n) is 5.56. The van der Waals surface area contributed by atoms with E-state index >= 15 is 0 Å². The number of methoxy groups -OCH3 is 1. The van der Waals surface area contributed by atoms with Gasteiger partial charge in [-0.1, -0.05) is 19.1 Å². The lowest BCUT2D eigenvalue weighted by Crippen LogP contribution is -2.03. The number of rotatable bonds is 5. The van der Waals surface area contributed by atoms with E-state index in [-0.39, 0.29) is 11.5 Å². The van der Waals surface area contributed by atoms with Gasteiger partial charge in [-0.3, -0.25) is 4.79 Å². The van der Waals surface area contributed by atoms with Crippen LogP contribution in [-0.4, -0.2) is 25.5 Å². The summed E-state index contributed by atoms with van der Waals surface area (Å²) in [5, 5.41) is 0. The minimum Gasteiger partial charge on any atom is -0.494 e. The molecule has 0 spiro atoms. The van der Waals surface area contributed by atoms with Crippen LogP contribution in [0.1, 0.15) is 39.6 Å². The molecule has 128 valence electrons. The molecule has 2 aromatic rings. The summed E-state index contributed by atoms with van der Waals surface area (Å²) in [6.07, 6.45) is 2.61. The Labute approximate surface area is 145 Å². The van der Waals surface area contributed by atoms with E-state index in [9.17, 15) is 9.59 Å². The van der Waals surface area contributed by atoms with Crippen molar-refractivity contribution in [2.75, 3.05) is 13.7 Å². The number of fused-ring (bicyclic) bond motifs is 1. The molecule has 3 rings (SSSR count). The fourth-order valence-corrected chi connectivity index (χ4v) is 2.47. The highest BCUT2D eigenvalue weighted by Gasteiger charge is 2.28. The van der Waals surface area contributed by atoms with Crippen molar-refractivity contribution in [3.63, 3.8) is 0 Å². The normalized spacial score (nSPS) is 14.2. The SMILES string of the molecule is CCCOc1ccc(/C=C2\Oc3ccc(C(=O)OC)cc3C2=O)cc1. The van der Waals surface area contributed by atoms with Gasteiger partial charge in [0.1, 0.15) is 11.5 Å². The van der Waals surface area contributed by atoms with Crippen LogP contribution in [0.25, 0.3) is 6.08 Å². The van der Waals surface area contributed by atoms with Crippen molar-refractivity contribution in [1.82, 2.24) is 0 Å². The van der Waals surface area contributed by atoms with Crippen molar-refractivity contribution in [2.45, 2.75) is 13.3 Å². The van der Waals surface area contributed by atoms with Gasteiger partial charge in [0.2, 0.25) is 5.78 Å². The zero-order valence-electron chi connectivity index (χ0n) is 14.1. The Morgan fingerprint density at radius 2 is 1.92 bits per heavy atom. The summed E-state index contributed by atoms with van der Waals surface area (Å²) in [4.78, 5) is 24.1. The van der Waals surface area contributed by atoms with E-state index in [1.165, 1.54) is 13.2 Å². The Bertz CT molecular complexity index is 834. The lowest BCUT2D eigenvalue weighted by Gasteiger charge is -2.04. The first-order chi connectivity index (χ1) is 12.1.